The highest BCUT2D eigenvalue weighted by molar-refractivity contribution is 5.56. The van der Waals surface area contributed by atoms with Crippen molar-refractivity contribution in [2.24, 2.45) is 0 Å². The summed E-state index contributed by atoms with van der Waals surface area (Å²) in [7, 11) is 0. The van der Waals surface area contributed by atoms with Gasteiger partial charge in [-0.2, -0.15) is 0 Å². The molecule has 0 amide bonds. The summed E-state index contributed by atoms with van der Waals surface area (Å²) in [6.07, 6.45) is 6.65. The maximum atomic E-state index is 4.23. The third-order valence-electron chi connectivity index (χ3n) is 2.97. The fourth-order valence-corrected chi connectivity index (χ4v) is 2.14. The van der Waals surface area contributed by atoms with Gasteiger partial charge in [-0.15, -0.1) is 0 Å². The van der Waals surface area contributed by atoms with Crippen molar-refractivity contribution >= 4 is 0 Å². The fraction of sp³-hybridized carbons (Fsp3) is 0.375. The molecule has 1 rings (SSSR count). The quantitative estimate of drug-likeness (QED) is 0.572. The smallest absolute Gasteiger partial charge is 0.0177 e. The predicted molar refractivity (Wildman–Crippen MR) is 73.4 cm³/mol. The van der Waals surface area contributed by atoms with Crippen molar-refractivity contribution in [1.82, 2.24) is 0 Å². The lowest BCUT2D eigenvalue weighted by Crippen LogP contribution is -1.99. The van der Waals surface area contributed by atoms with Gasteiger partial charge in [-0.05, 0) is 57.3 Å². The summed E-state index contributed by atoms with van der Waals surface area (Å²) in [6.45, 7) is 16.8. The first-order valence-electron chi connectivity index (χ1n) is 5.82. The minimum absolute atomic E-state index is 1.10. The van der Waals surface area contributed by atoms with Gasteiger partial charge in [0.2, 0.25) is 0 Å². The van der Waals surface area contributed by atoms with Crippen LogP contribution in [0.15, 0.2) is 58.7 Å². The Hall–Kier alpha value is -1.30. The Bertz CT molecular complexity index is 407. The van der Waals surface area contributed by atoms with Crippen LogP contribution < -0.4 is 0 Å². The first kappa shape index (κ1) is 12.8. The van der Waals surface area contributed by atoms with Crippen LogP contribution in [-0.2, 0) is 0 Å². The minimum Gasteiger partial charge on any atom is -0.0955 e. The topological polar surface area (TPSA) is 0 Å². The van der Waals surface area contributed by atoms with Gasteiger partial charge in [-0.3, -0.25) is 0 Å². The van der Waals surface area contributed by atoms with Gasteiger partial charge in [0.15, 0.2) is 0 Å². The molecule has 0 aliphatic heterocycles. The van der Waals surface area contributed by atoms with Crippen molar-refractivity contribution in [1.29, 1.82) is 0 Å². The lowest BCUT2D eigenvalue weighted by molar-refractivity contribution is 0.914. The maximum absolute atomic E-state index is 4.23. The van der Waals surface area contributed by atoms with E-state index in [4.69, 9.17) is 0 Å². The molecule has 0 aromatic heterocycles. The number of rotatable bonds is 3. The molecule has 0 nitrogen and oxygen atoms in total. The molecule has 0 aromatic rings. The van der Waals surface area contributed by atoms with Crippen molar-refractivity contribution in [3.05, 3.63) is 58.7 Å². The average molecular weight is 214 g/mol. The van der Waals surface area contributed by atoms with E-state index in [1.807, 2.05) is 0 Å². The van der Waals surface area contributed by atoms with Crippen LogP contribution in [0.1, 0.15) is 40.5 Å². The van der Waals surface area contributed by atoms with Crippen LogP contribution in [0.3, 0.4) is 0 Å². The lowest BCUT2D eigenvalue weighted by Gasteiger charge is -2.19. The first-order chi connectivity index (χ1) is 7.43. The van der Waals surface area contributed by atoms with Crippen LogP contribution in [0, 0.1) is 0 Å². The summed E-state index contributed by atoms with van der Waals surface area (Å²) in [5.74, 6) is 0. The summed E-state index contributed by atoms with van der Waals surface area (Å²) in [5, 5.41) is 0. The molecule has 1 aliphatic carbocycles. The Balaban J connectivity index is 3.03. The zero-order valence-corrected chi connectivity index (χ0v) is 11.0. The Morgan fingerprint density at radius 1 is 1.06 bits per heavy atom. The van der Waals surface area contributed by atoms with Gasteiger partial charge < -0.3 is 0 Å². The summed E-state index contributed by atoms with van der Waals surface area (Å²) >= 11 is 0. The molecule has 16 heavy (non-hydrogen) atoms. The van der Waals surface area contributed by atoms with E-state index in [9.17, 15) is 0 Å². The standard InChI is InChI=1S/C16H22/c1-11(2)16(12(3)4)14(6)15-9-7-13(5)8-10-15/h7,9H,1,6,8,10H2,2-5H3. The van der Waals surface area contributed by atoms with Crippen molar-refractivity contribution in [3.63, 3.8) is 0 Å². The van der Waals surface area contributed by atoms with E-state index in [2.05, 4.69) is 53.0 Å². The molecule has 1 aliphatic rings. The highest BCUT2D eigenvalue weighted by Gasteiger charge is 2.12. The summed E-state index contributed by atoms with van der Waals surface area (Å²) in [5.41, 5.74) is 7.59. The second-order valence-electron chi connectivity index (χ2n) is 4.84. The third kappa shape index (κ3) is 2.85. The molecule has 0 heteroatoms. The fourth-order valence-electron chi connectivity index (χ4n) is 2.14. The van der Waals surface area contributed by atoms with Gasteiger partial charge in [-0.25, -0.2) is 0 Å². The molecule has 0 unspecified atom stereocenters. The molecule has 0 spiro atoms. The lowest BCUT2D eigenvalue weighted by atomic mass is 9.86. The van der Waals surface area contributed by atoms with E-state index in [1.54, 1.807) is 0 Å². The highest BCUT2D eigenvalue weighted by Crippen LogP contribution is 2.31. The minimum atomic E-state index is 1.10. The van der Waals surface area contributed by atoms with Gasteiger partial charge in [0.1, 0.15) is 0 Å². The molecule has 0 atom stereocenters. The van der Waals surface area contributed by atoms with Crippen LogP contribution in [0.2, 0.25) is 0 Å². The monoisotopic (exact) mass is 214 g/mol. The second-order valence-corrected chi connectivity index (χ2v) is 4.84. The van der Waals surface area contributed by atoms with Gasteiger partial charge in [0.05, 0.1) is 0 Å². The van der Waals surface area contributed by atoms with E-state index in [0.717, 1.165) is 24.0 Å². The Morgan fingerprint density at radius 3 is 2.06 bits per heavy atom. The molecule has 0 heterocycles. The van der Waals surface area contributed by atoms with Gasteiger partial charge >= 0.3 is 0 Å². The molecule has 0 aromatic carbocycles. The molecular formula is C16H22. The Labute approximate surface area is 99.8 Å². The van der Waals surface area contributed by atoms with E-state index in [1.165, 1.54) is 22.3 Å². The zero-order chi connectivity index (χ0) is 12.3. The second kappa shape index (κ2) is 5.16. The van der Waals surface area contributed by atoms with E-state index >= 15 is 0 Å². The van der Waals surface area contributed by atoms with Crippen molar-refractivity contribution in [3.8, 4) is 0 Å². The first-order valence-corrected chi connectivity index (χ1v) is 5.82. The Kier molecular flexibility index (Phi) is 4.12. The molecule has 0 radical (unpaired) electrons. The summed E-state index contributed by atoms with van der Waals surface area (Å²) in [4.78, 5) is 0. The summed E-state index contributed by atoms with van der Waals surface area (Å²) in [6, 6.07) is 0. The van der Waals surface area contributed by atoms with E-state index in [0.29, 0.717) is 0 Å². The Morgan fingerprint density at radius 2 is 1.69 bits per heavy atom. The zero-order valence-electron chi connectivity index (χ0n) is 11.0. The normalized spacial score (nSPS) is 15.0. The third-order valence-corrected chi connectivity index (χ3v) is 2.97. The van der Waals surface area contributed by atoms with Crippen LogP contribution >= 0.6 is 0 Å². The van der Waals surface area contributed by atoms with Gasteiger partial charge in [-0.1, -0.05) is 42.0 Å². The highest BCUT2D eigenvalue weighted by atomic mass is 14.2. The number of allylic oxidation sites excluding steroid dienone is 8. The summed E-state index contributed by atoms with van der Waals surface area (Å²) < 4.78 is 0. The molecule has 0 fully saturated rings. The average Bonchev–Trinajstić information content (AvgIpc) is 2.17. The van der Waals surface area contributed by atoms with Crippen molar-refractivity contribution < 1.29 is 0 Å². The number of hydrogen-bond acceptors (Lipinski definition) is 0. The maximum Gasteiger partial charge on any atom is -0.0177 e. The van der Waals surface area contributed by atoms with Crippen LogP contribution in [-0.4, -0.2) is 0 Å². The van der Waals surface area contributed by atoms with Crippen molar-refractivity contribution in [2.45, 2.75) is 40.5 Å². The predicted octanol–water partition coefficient (Wildman–Crippen LogP) is 5.12. The molecule has 0 saturated carbocycles. The molecule has 0 bridgehead atoms. The van der Waals surface area contributed by atoms with Crippen LogP contribution in [0.5, 0.6) is 0 Å². The van der Waals surface area contributed by atoms with Crippen molar-refractivity contribution in [2.75, 3.05) is 0 Å². The van der Waals surface area contributed by atoms with E-state index in [-0.39, 0.29) is 0 Å². The van der Waals surface area contributed by atoms with Crippen LogP contribution in [0.25, 0.3) is 0 Å². The van der Waals surface area contributed by atoms with Crippen LogP contribution in [0.4, 0.5) is 0 Å². The molecule has 0 saturated heterocycles. The van der Waals surface area contributed by atoms with Gasteiger partial charge in [0, 0.05) is 0 Å². The van der Waals surface area contributed by atoms with E-state index < -0.39 is 0 Å². The largest absolute Gasteiger partial charge is 0.0955 e. The molecule has 0 N–H and O–H groups in total. The van der Waals surface area contributed by atoms with Gasteiger partial charge in [0.25, 0.3) is 0 Å². The SMILES string of the molecule is C=C(C)C(C(=C)C1=CC=C(C)CC1)=C(C)C. The molecular weight excluding hydrogens is 192 g/mol. The molecule has 86 valence electrons. The number of hydrogen-bond donors (Lipinski definition) is 0.